The normalized spacial score (nSPS) is 16.2. The highest BCUT2D eigenvalue weighted by molar-refractivity contribution is 7.80. The van der Waals surface area contributed by atoms with E-state index in [1.165, 1.54) is 17.7 Å². The Kier molecular flexibility index (Phi) is 6.80. The van der Waals surface area contributed by atoms with Gasteiger partial charge in [-0.15, -0.1) is 0 Å². The molecule has 1 N–H and O–H groups in total. The van der Waals surface area contributed by atoms with Crippen LogP contribution in [0, 0.1) is 5.82 Å². The molecule has 0 spiro atoms. The number of rotatable bonds is 5. The summed E-state index contributed by atoms with van der Waals surface area (Å²) in [6.07, 6.45) is 1.15. The van der Waals surface area contributed by atoms with Gasteiger partial charge in [0.25, 0.3) is 0 Å². The highest BCUT2D eigenvalue weighted by Crippen LogP contribution is 2.21. The van der Waals surface area contributed by atoms with E-state index in [0.29, 0.717) is 5.92 Å². The van der Waals surface area contributed by atoms with Crippen molar-refractivity contribution in [3.63, 3.8) is 0 Å². The van der Waals surface area contributed by atoms with Gasteiger partial charge in [-0.2, -0.15) is 0 Å². The molecule has 1 fully saturated rings. The second-order valence-corrected chi connectivity index (χ2v) is 7.64. The lowest BCUT2D eigenvalue weighted by Crippen LogP contribution is -2.49. The molecule has 1 aliphatic heterocycles. The van der Waals surface area contributed by atoms with Crippen molar-refractivity contribution in [2.75, 3.05) is 31.5 Å². The Morgan fingerprint density at radius 3 is 2.26 bits per heavy atom. The minimum Gasteiger partial charge on any atom is -0.346 e. The van der Waals surface area contributed by atoms with Gasteiger partial charge in [0.15, 0.2) is 5.11 Å². The summed E-state index contributed by atoms with van der Waals surface area (Å²) in [7, 11) is 0. The van der Waals surface area contributed by atoms with Crippen molar-refractivity contribution in [3.8, 4) is 0 Å². The van der Waals surface area contributed by atoms with Crippen LogP contribution in [0.5, 0.6) is 0 Å². The van der Waals surface area contributed by atoms with E-state index in [2.05, 4.69) is 53.2 Å². The average molecular weight is 386 g/mol. The maximum atomic E-state index is 13.0. The number of benzene rings is 2. The van der Waals surface area contributed by atoms with Crippen LogP contribution in [0.15, 0.2) is 48.5 Å². The summed E-state index contributed by atoms with van der Waals surface area (Å²) in [5, 5.41) is 4.15. The largest absolute Gasteiger partial charge is 0.346 e. The molecule has 3 nitrogen and oxygen atoms in total. The van der Waals surface area contributed by atoms with Crippen LogP contribution in [-0.4, -0.2) is 41.1 Å². The number of piperazine rings is 1. The van der Waals surface area contributed by atoms with Gasteiger partial charge in [-0.3, -0.25) is 4.90 Å². The lowest BCUT2D eigenvalue weighted by Gasteiger charge is -2.36. The maximum Gasteiger partial charge on any atom is 0.173 e. The van der Waals surface area contributed by atoms with E-state index >= 15 is 0 Å². The fourth-order valence-electron chi connectivity index (χ4n) is 3.29. The first-order valence-corrected chi connectivity index (χ1v) is 10.1. The summed E-state index contributed by atoms with van der Waals surface area (Å²) in [6.45, 7) is 9.01. The molecule has 5 heteroatoms. The summed E-state index contributed by atoms with van der Waals surface area (Å²) in [6, 6.07) is 15.3. The Morgan fingerprint density at radius 2 is 1.67 bits per heavy atom. The maximum absolute atomic E-state index is 13.0. The lowest BCUT2D eigenvalue weighted by molar-refractivity contribution is 0.177. The lowest BCUT2D eigenvalue weighted by atomic mass is 9.99. The number of nitrogens with zero attached hydrogens (tertiary/aromatic N) is 2. The molecule has 1 atom stereocenters. The molecule has 2 aromatic rings. The topological polar surface area (TPSA) is 18.5 Å². The third-order valence-electron chi connectivity index (χ3n) is 5.32. The van der Waals surface area contributed by atoms with Crippen molar-refractivity contribution in [2.24, 2.45) is 0 Å². The molecule has 0 bridgehead atoms. The zero-order valence-electron chi connectivity index (χ0n) is 16.1. The Balaban J connectivity index is 1.47. The zero-order chi connectivity index (χ0) is 19.2. The molecule has 144 valence electrons. The number of halogens is 1. The van der Waals surface area contributed by atoms with Crippen LogP contribution in [0.25, 0.3) is 0 Å². The van der Waals surface area contributed by atoms with E-state index in [4.69, 9.17) is 12.2 Å². The molecule has 0 radical (unpaired) electrons. The van der Waals surface area contributed by atoms with Crippen molar-refractivity contribution < 1.29 is 4.39 Å². The fraction of sp³-hybridized carbons (Fsp3) is 0.409. The number of thiocarbonyl (C=S) groups is 1. The standard InChI is InChI=1S/C22H28FN3S/c1-3-17(2)19-6-10-21(11-7-19)24-22(27)26-14-12-25(13-15-26)16-18-4-8-20(23)9-5-18/h4-11,17H,3,12-16H2,1-2H3,(H,24,27). The second kappa shape index (κ2) is 9.29. The first-order chi connectivity index (χ1) is 13.0. The number of hydrogen-bond donors (Lipinski definition) is 1. The van der Waals surface area contributed by atoms with Gasteiger partial charge >= 0.3 is 0 Å². The van der Waals surface area contributed by atoms with Crippen molar-refractivity contribution >= 4 is 23.0 Å². The Labute approximate surface area is 167 Å². The minimum absolute atomic E-state index is 0.183. The van der Waals surface area contributed by atoms with Crippen LogP contribution in [0.4, 0.5) is 10.1 Å². The summed E-state index contributed by atoms with van der Waals surface area (Å²) in [4.78, 5) is 4.60. The fourth-order valence-corrected chi connectivity index (χ4v) is 3.59. The number of nitrogens with one attached hydrogen (secondary N) is 1. The monoisotopic (exact) mass is 385 g/mol. The Morgan fingerprint density at radius 1 is 1.04 bits per heavy atom. The highest BCUT2D eigenvalue weighted by Gasteiger charge is 2.19. The highest BCUT2D eigenvalue weighted by atomic mass is 32.1. The van der Waals surface area contributed by atoms with Crippen molar-refractivity contribution in [3.05, 3.63) is 65.5 Å². The third-order valence-corrected chi connectivity index (χ3v) is 5.68. The van der Waals surface area contributed by atoms with Crippen LogP contribution in [0.3, 0.4) is 0 Å². The molecule has 27 heavy (non-hydrogen) atoms. The van der Waals surface area contributed by atoms with E-state index in [0.717, 1.165) is 55.5 Å². The second-order valence-electron chi connectivity index (χ2n) is 7.25. The predicted octanol–water partition coefficient (Wildman–Crippen LogP) is 4.85. The number of anilines is 1. The molecule has 3 rings (SSSR count). The van der Waals surface area contributed by atoms with E-state index in [1.807, 2.05) is 12.1 Å². The quantitative estimate of drug-likeness (QED) is 0.741. The molecule has 1 unspecified atom stereocenters. The van der Waals surface area contributed by atoms with Gasteiger partial charge in [0.05, 0.1) is 0 Å². The van der Waals surface area contributed by atoms with Crippen LogP contribution in [0.2, 0.25) is 0 Å². The van der Waals surface area contributed by atoms with Crippen molar-refractivity contribution in [2.45, 2.75) is 32.7 Å². The summed E-state index contributed by atoms with van der Waals surface area (Å²) < 4.78 is 13.0. The number of hydrogen-bond acceptors (Lipinski definition) is 2. The summed E-state index contributed by atoms with van der Waals surface area (Å²) >= 11 is 5.60. The molecule has 0 aliphatic carbocycles. The minimum atomic E-state index is -0.183. The smallest absolute Gasteiger partial charge is 0.173 e. The summed E-state index contributed by atoms with van der Waals surface area (Å²) in [5.41, 5.74) is 3.55. The van der Waals surface area contributed by atoms with Gasteiger partial charge < -0.3 is 10.2 Å². The Hall–Kier alpha value is -1.98. The molecule has 1 heterocycles. The molecule has 0 amide bonds. The third kappa shape index (κ3) is 5.50. The van der Waals surface area contributed by atoms with Crippen molar-refractivity contribution in [1.82, 2.24) is 9.80 Å². The van der Waals surface area contributed by atoms with E-state index in [9.17, 15) is 4.39 Å². The molecule has 2 aromatic carbocycles. The van der Waals surface area contributed by atoms with Gasteiger partial charge in [-0.1, -0.05) is 38.1 Å². The molecule has 1 aliphatic rings. The van der Waals surface area contributed by atoms with Crippen LogP contribution in [0.1, 0.15) is 37.3 Å². The van der Waals surface area contributed by atoms with Crippen LogP contribution < -0.4 is 5.32 Å². The van der Waals surface area contributed by atoms with Crippen LogP contribution >= 0.6 is 12.2 Å². The molecule has 1 saturated heterocycles. The first-order valence-electron chi connectivity index (χ1n) is 9.68. The SMILES string of the molecule is CCC(C)c1ccc(NC(=S)N2CCN(Cc3ccc(F)cc3)CC2)cc1. The summed E-state index contributed by atoms with van der Waals surface area (Å²) in [5.74, 6) is 0.400. The predicted molar refractivity (Wildman–Crippen MR) is 115 cm³/mol. The molecular weight excluding hydrogens is 357 g/mol. The molecule has 0 saturated carbocycles. The van der Waals surface area contributed by atoms with Gasteiger partial charge in [-0.25, -0.2) is 4.39 Å². The zero-order valence-corrected chi connectivity index (χ0v) is 16.9. The van der Waals surface area contributed by atoms with Gasteiger partial charge in [0.1, 0.15) is 5.82 Å². The average Bonchev–Trinajstić information content (AvgIpc) is 2.70. The van der Waals surface area contributed by atoms with E-state index in [1.54, 1.807) is 0 Å². The first kappa shape index (κ1) is 19.8. The van der Waals surface area contributed by atoms with Crippen LogP contribution in [-0.2, 0) is 6.54 Å². The Bertz CT molecular complexity index is 737. The van der Waals surface area contributed by atoms with E-state index in [-0.39, 0.29) is 5.82 Å². The van der Waals surface area contributed by atoms with E-state index < -0.39 is 0 Å². The van der Waals surface area contributed by atoms with Crippen molar-refractivity contribution in [1.29, 1.82) is 0 Å². The molecule has 0 aromatic heterocycles. The van der Waals surface area contributed by atoms with Gasteiger partial charge in [0, 0.05) is 38.4 Å². The molecular formula is C22H28FN3S. The van der Waals surface area contributed by atoms with Gasteiger partial charge in [-0.05, 0) is 59.9 Å². The van der Waals surface area contributed by atoms with Gasteiger partial charge in [0.2, 0.25) is 0 Å².